The highest BCUT2D eigenvalue weighted by Gasteiger charge is 2.30. The van der Waals surface area contributed by atoms with Crippen LogP contribution in [0, 0.1) is 0 Å². The maximum atomic E-state index is 5.91. The molecule has 17 heavy (non-hydrogen) atoms. The molecular weight excluding hydrogens is 232 g/mol. The van der Waals surface area contributed by atoms with Gasteiger partial charge in [0, 0.05) is 37.2 Å². The molecule has 1 aromatic rings. The lowest BCUT2D eigenvalue weighted by molar-refractivity contribution is 0.0994. The smallest absolute Gasteiger partial charge is 0.0406 e. The first-order valence-corrected chi connectivity index (χ1v) is 6.90. The first kappa shape index (κ1) is 11.5. The first-order valence-electron chi connectivity index (χ1n) is 6.52. The van der Waals surface area contributed by atoms with Crippen molar-refractivity contribution in [3.05, 3.63) is 34.9 Å². The number of halogens is 1. The van der Waals surface area contributed by atoms with Crippen molar-refractivity contribution in [1.82, 2.24) is 9.80 Å². The molecule has 2 heterocycles. The minimum atomic E-state index is 0.816. The van der Waals surface area contributed by atoms with Crippen LogP contribution >= 0.6 is 11.6 Å². The van der Waals surface area contributed by atoms with Crippen LogP contribution in [0.15, 0.2) is 24.3 Å². The van der Waals surface area contributed by atoms with Gasteiger partial charge in [-0.3, -0.25) is 9.80 Å². The number of piperazine rings is 1. The number of benzene rings is 1. The highest BCUT2D eigenvalue weighted by Crippen LogP contribution is 2.22. The summed E-state index contributed by atoms with van der Waals surface area (Å²) in [6.07, 6.45) is 2.77. The number of fused-ring (bicyclic) bond motifs is 1. The van der Waals surface area contributed by atoms with Crippen LogP contribution in [0.4, 0.5) is 0 Å². The van der Waals surface area contributed by atoms with E-state index in [2.05, 4.69) is 21.9 Å². The van der Waals surface area contributed by atoms with Crippen LogP contribution in [-0.2, 0) is 6.54 Å². The summed E-state index contributed by atoms with van der Waals surface area (Å²) in [5.41, 5.74) is 1.38. The summed E-state index contributed by atoms with van der Waals surface area (Å²) < 4.78 is 0. The van der Waals surface area contributed by atoms with Crippen molar-refractivity contribution in [1.29, 1.82) is 0 Å². The van der Waals surface area contributed by atoms with Gasteiger partial charge in [0.05, 0.1) is 0 Å². The second-order valence-corrected chi connectivity index (χ2v) is 5.63. The third-order valence-electron chi connectivity index (χ3n) is 3.99. The summed E-state index contributed by atoms with van der Waals surface area (Å²) in [5.74, 6) is 0. The molecule has 2 fully saturated rings. The third-order valence-corrected chi connectivity index (χ3v) is 4.24. The Kier molecular flexibility index (Phi) is 3.37. The number of hydrogen-bond acceptors (Lipinski definition) is 2. The van der Waals surface area contributed by atoms with Gasteiger partial charge in [0.15, 0.2) is 0 Å². The molecule has 0 bridgehead atoms. The molecule has 1 atom stereocenters. The van der Waals surface area contributed by atoms with E-state index >= 15 is 0 Å². The summed E-state index contributed by atoms with van der Waals surface area (Å²) in [7, 11) is 0. The predicted molar refractivity (Wildman–Crippen MR) is 71.3 cm³/mol. The van der Waals surface area contributed by atoms with Gasteiger partial charge in [0.1, 0.15) is 0 Å². The average molecular weight is 251 g/mol. The molecule has 2 nitrogen and oxygen atoms in total. The van der Waals surface area contributed by atoms with E-state index in [1.54, 1.807) is 0 Å². The molecule has 3 rings (SSSR count). The van der Waals surface area contributed by atoms with Gasteiger partial charge in [-0.25, -0.2) is 0 Å². The number of hydrogen-bond donors (Lipinski definition) is 0. The Labute approximate surface area is 108 Å². The van der Waals surface area contributed by atoms with Gasteiger partial charge < -0.3 is 0 Å². The summed E-state index contributed by atoms with van der Waals surface area (Å²) >= 11 is 5.91. The molecule has 0 radical (unpaired) electrons. The van der Waals surface area contributed by atoms with E-state index in [0.29, 0.717) is 0 Å². The van der Waals surface area contributed by atoms with Gasteiger partial charge in [-0.15, -0.1) is 0 Å². The fourth-order valence-corrected chi connectivity index (χ4v) is 3.17. The minimum absolute atomic E-state index is 0.816. The molecule has 2 saturated heterocycles. The van der Waals surface area contributed by atoms with Crippen LogP contribution in [0.1, 0.15) is 18.4 Å². The zero-order valence-corrected chi connectivity index (χ0v) is 10.9. The summed E-state index contributed by atoms with van der Waals surface area (Å²) in [6.45, 7) is 6.08. The normalized spacial score (nSPS) is 26.1. The minimum Gasteiger partial charge on any atom is -0.298 e. The fraction of sp³-hybridized carbons (Fsp3) is 0.571. The first-order chi connectivity index (χ1) is 8.31. The molecule has 2 aliphatic rings. The highest BCUT2D eigenvalue weighted by atomic mass is 35.5. The molecular formula is C14H19ClN2. The molecule has 0 aromatic heterocycles. The lowest BCUT2D eigenvalue weighted by atomic mass is 10.1. The lowest BCUT2D eigenvalue weighted by Gasteiger charge is -2.37. The molecule has 3 heteroatoms. The Morgan fingerprint density at radius 3 is 2.76 bits per heavy atom. The Morgan fingerprint density at radius 1 is 1.12 bits per heavy atom. The van der Waals surface area contributed by atoms with Crippen LogP contribution < -0.4 is 0 Å². The van der Waals surface area contributed by atoms with Crippen LogP contribution in [-0.4, -0.2) is 42.0 Å². The topological polar surface area (TPSA) is 6.48 Å². The van der Waals surface area contributed by atoms with Crippen LogP contribution in [0.5, 0.6) is 0 Å². The second kappa shape index (κ2) is 4.97. The van der Waals surface area contributed by atoms with Gasteiger partial charge in [-0.1, -0.05) is 23.7 Å². The van der Waals surface area contributed by atoms with Crippen molar-refractivity contribution in [2.45, 2.75) is 25.4 Å². The molecule has 0 aliphatic carbocycles. The largest absolute Gasteiger partial charge is 0.298 e. The zero-order valence-electron chi connectivity index (χ0n) is 10.1. The zero-order chi connectivity index (χ0) is 11.7. The van der Waals surface area contributed by atoms with Gasteiger partial charge in [-0.2, -0.15) is 0 Å². The van der Waals surface area contributed by atoms with E-state index in [0.717, 1.165) is 17.6 Å². The van der Waals surface area contributed by atoms with E-state index in [1.807, 2.05) is 12.1 Å². The second-order valence-electron chi connectivity index (χ2n) is 5.19. The molecule has 92 valence electrons. The van der Waals surface area contributed by atoms with Crippen molar-refractivity contribution in [2.24, 2.45) is 0 Å². The van der Waals surface area contributed by atoms with Gasteiger partial charge >= 0.3 is 0 Å². The van der Waals surface area contributed by atoms with Crippen LogP contribution in [0.2, 0.25) is 5.02 Å². The standard InChI is InChI=1S/C14H19ClN2/c15-13-5-3-12(4-6-13)10-16-8-9-17-7-1-2-14(17)11-16/h3-6,14H,1-2,7-11H2. The van der Waals surface area contributed by atoms with Crippen LogP contribution in [0.3, 0.4) is 0 Å². The van der Waals surface area contributed by atoms with E-state index in [1.165, 1.54) is 44.6 Å². The SMILES string of the molecule is Clc1ccc(CN2CCN3CCCC3C2)cc1. The maximum Gasteiger partial charge on any atom is 0.0406 e. The number of rotatable bonds is 2. The Morgan fingerprint density at radius 2 is 1.94 bits per heavy atom. The van der Waals surface area contributed by atoms with Gasteiger partial charge in [0.25, 0.3) is 0 Å². The lowest BCUT2D eigenvalue weighted by Crippen LogP contribution is -2.49. The monoisotopic (exact) mass is 250 g/mol. The Hall–Kier alpha value is -0.570. The highest BCUT2D eigenvalue weighted by molar-refractivity contribution is 6.30. The van der Waals surface area contributed by atoms with E-state index in [4.69, 9.17) is 11.6 Å². The van der Waals surface area contributed by atoms with E-state index < -0.39 is 0 Å². The van der Waals surface area contributed by atoms with E-state index in [9.17, 15) is 0 Å². The molecule has 0 saturated carbocycles. The summed E-state index contributed by atoms with van der Waals surface area (Å²) in [6, 6.07) is 9.08. The van der Waals surface area contributed by atoms with Crippen molar-refractivity contribution in [2.75, 3.05) is 26.2 Å². The van der Waals surface area contributed by atoms with Crippen molar-refractivity contribution in [3.8, 4) is 0 Å². The molecule has 1 aromatic carbocycles. The van der Waals surface area contributed by atoms with Gasteiger partial charge in [0.2, 0.25) is 0 Å². The van der Waals surface area contributed by atoms with Crippen molar-refractivity contribution >= 4 is 11.6 Å². The average Bonchev–Trinajstić information content (AvgIpc) is 2.79. The molecule has 0 amide bonds. The van der Waals surface area contributed by atoms with Gasteiger partial charge in [-0.05, 0) is 37.1 Å². The molecule has 2 aliphatic heterocycles. The summed E-state index contributed by atoms with van der Waals surface area (Å²) in [4.78, 5) is 5.23. The third kappa shape index (κ3) is 2.65. The molecule has 0 N–H and O–H groups in total. The molecule has 1 unspecified atom stereocenters. The fourth-order valence-electron chi connectivity index (χ4n) is 3.05. The Bertz CT molecular complexity index is 376. The van der Waals surface area contributed by atoms with Crippen molar-refractivity contribution < 1.29 is 0 Å². The quantitative estimate of drug-likeness (QED) is 0.796. The van der Waals surface area contributed by atoms with E-state index in [-0.39, 0.29) is 0 Å². The van der Waals surface area contributed by atoms with Crippen molar-refractivity contribution in [3.63, 3.8) is 0 Å². The van der Waals surface area contributed by atoms with Crippen LogP contribution in [0.25, 0.3) is 0 Å². The Balaban J connectivity index is 1.60. The maximum absolute atomic E-state index is 5.91. The summed E-state index contributed by atoms with van der Waals surface area (Å²) in [5, 5.41) is 0.828. The molecule has 0 spiro atoms. The predicted octanol–water partition coefficient (Wildman–Crippen LogP) is 2.62. The number of nitrogens with zero attached hydrogens (tertiary/aromatic N) is 2.